The molecule has 0 saturated heterocycles. The second-order valence-electron chi connectivity index (χ2n) is 7.25. The fourth-order valence-corrected chi connectivity index (χ4v) is 4.29. The van der Waals surface area contributed by atoms with Crippen LogP contribution in [0.5, 0.6) is 5.75 Å². The van der Waals surface area contributed by atoms with E-state index in [2.05, 4.69) is 36.2 Å². The Morgan fingerprint density at radius 1 is 0.968 bits per heavy atom. The van der Waals surface area contributed by atoms with Gasteiger partial charge in [0.2, 0.25) is 15.9 Å². The lowest BCUT2D eigenvalue weighted by atomic mass is 10.2. The number of rotatable bonds is 12. The monoisotopic (exact) mass is 447 g/mol. The van der Waals surface area contributed by atoms with Gasteiger partial charge in [0.15, 0.2) is 0 Å². The van der Waals surface area contributed by atoms with Crippen molar-refractivity contribution in [1.29, 1.82) is 0 Å². The molecule has 0 fully saturated rings. The molecule has 2 rings (SSSR count). The Morgan fingerprint density at radius 2 is 1.55 bits per heavy atom. The Bertz CT molecular complexity index is 924. The van der Waals surface area contributed by atoms with E-state index in [9.17, 15) is 13.2 Å². The number of anilines is 2. The Morgan fingerprint density at radius 3 is 2.06 bits per heavy atom. The summed E-state index contributed by atoms with van der Waals surface area (Å²) < 4.78 is 30.8. The Hall–Kier alpha value is -2.74. The van der Waals surface area contributed by atoms with Crippen LogP contribution in [0.15, 0.2) is 48.5 Å². The van der Waals surface area contributed by atoms with Crippen LogP contribution in [-0.4, -0.2) is 47.3 Å². The van der Waals surface area contributed by atoms with Gasteiger partial charge in [-0.25, -0.2) is 8.42 Å². The van der Waals surface area contributed by atoms with E-state index in [0.29, 0.717) is 24.4 Å². The summed E-state index contributed by atoms with van der Waals surface area (Å²) in [6.07, 6.45) is 1.84. The highest BCUT2D eigenvalue weighted by Gasteiger charge is 2.17. The van der Waals surface area contributed by atoms with Crippen molar-refractivity contribution in [3.63, 3.8) is 0 Å². The van der Waals surface area contributed by atoms with Crippen molar-refractivity contribution in [2.45, 2.75) is 33.2 Å². The largest absolute Gasteiger partial charge is 0.497 e. The number of ether oxygens (including phenoxy) is 1. The molecule has 0 aliphatic carbocycles. The quantitative estimate of drug-likeness (QED) is 0.539. The van der Waals surface area contributed by atoms with E-state index in [1.807, 2.05) is 12.1 Å². The maximum absolute atomic E-state index is 12.2. The van der Waals surface area contributed by atoms with Crippen LogP contribution in [0, 0.1) is 0 Å². The van der Waals surface area contributed by atoms with Crippen molar-refractivity contribution in [3.05, 3.63) is 54.1 Å². The lowest BCUT2D eigenvalue weighted by Crippen LogP contribution is -2.32. The zero-order chi connectivity index (χ0) is 22.9. The minimum absolute atomic E-state index is 0.101. The third-order valence-electron chi connectivity index (χ3n) is 5.08. The molecule has 2 aromatic carbocycles. The molecule has 0 aromatic heterocycles. The predicted octanol–water partition coefficient (Wildman–Crippen LogP) is 3.40. The highest BCUT2D eigenvalue weighted by molar-refractivity contribution is 7.92. The van der Waals surface area contributed by atoms with Gasteiger partial charge >= 0.3 is 0 Å². The number of nitrogens with one attached hydrogen (secondary N) is 1. The number of sulfonamides is 1. The average molecular weight is 448 g/mol. The van der Waals surface area contributed by atoms with Gasteiger partial charge in [0.05, 0.1) is 19.1 Å². The van der Waals surface area contributed by atoms with Crippen LogP contribution in [0.2, 0.25) is 0 Å². The highest BCUT2D eigenvalue weighted by atomic mass is 32.2. The molecule has 7 nitrogen and oxygen atoms in total. The van der Waals surface area contributed by atoms with Gasteiger partial charge in [0, 0.05) is 38.3 Å². The van der Waals surface area contributed by atoms with Crippen LogP contribution < -0.4 is 19.3 Å². The minimum atomic E-state index is -3.45. The van der Waals surface area contributed by atoms with Crippen molar-refractivity contribution in [2.75, 3.05) is 42.2 Å². The molecule has 0 bridgehead atoms. The molecular weight excluding hydrogens is 414 g/mol. The van der Waals surface area contributed by atoms with Crippen molar-refractivity contribution in [3.8, 4) is 5.75 Å². The first-order valence-corrected chi connectivity index (χ1v) is 12.4. The highest BCUT2D eigenvalue weighted by Crippen LogP contribution is 2.22. The summed E-state index contributed by atoms with van der Waals surface area (Å²) in [6.45, 7) is 6.83. The van der Waals surface area contributed by atoms with Gasteiger partial charge in [0.1, 0.15) is 5.75 Å². The molecule has 31 heavy (non-hydrogen) atoms. The summed E-state index contributed by atoms with van der Waals surface area (Å²) in [5.74, 6) is 0.553. The van der Waals surface area contributed by atoms with Crippen LogP contribution in [0.4, 0.5) is 11.4 Å². The van der Waals surface area contributed by atoms with E-state index < -0.39 is 10.0 Å². The number of amides is 1. The summed E-state index contributed by atoms with van der Waals surface area (Å²) in [5.41, 5.74) is 2.75. The van der Waals surface area contributed by atoms with E-state index in [1.54, 1.807) is 31.4 Å². The van der Waals surface area contributed by atoms with Gasteiger partial charge in [-0.05, 0) is 62.2 Å². The van der Waals surface area contributed by atoms with Crippen molar-refractivity contribution >= 4 is 27.3 Å². The SMILES string of the molecule is CCN(CC)c1ccc(CNC(=O)CCCN(c2ccc(OC)cc2)S(C)(=O)=O)cc1. The summed E-state index contributed by atoms with van der Waals surface area (Å²) in [5, 5.41) is 2.91. The van der Waals surface area contributed by atoms with Crippen LogP contribution in [0.3, 0.4) is 0 Å². The van der Waals surface area contributed by atoms with E-state index in [4.69, 9.17) is 4.74 Å². The molecule has 0 aliphatic rings. The van der Waals surface area contributed by atoms with Gasteiger partial charge in [-0.1, -0.05) is 12.1 Å². The molecule has 0 heterocycles. The van der Waals surface area contributed by atoms with E-state index >= 15 is 0 Å². The van der Waals surface area contributed by atoms with Crippen molar-refractivity contribution in [2.24, 2.45) is 0 Å². The minimum Gasteiger partial charge on any atom is -0.497 e. The number of nitrogens with zero attached hydrogens (tertiary/aromatic N) is 2. The number of methoxy groups -OCH3 is 1. The molecule has 2 aromatic rings. The topological polar surface area (TPSA) is 79.0 Å². The van der Waals surface area contributed by atoms with Crippen LogP contribution in [0.1, 0.15) is 32.3 Å². The predicted molar refractivity (Wildman–Crippen MR) is 126 cm³/mol. The number of benzene rings is 2. The lowest BCUT2D eigenvalue weighted by Gasteiger charge is -2.22. The van der Waals surface area contributed by atoms with E-state index in [0.717, 1.165) is 18.7 Å². The Labute approximate surface area is 186 Å². The zero-order valence-electron chi connectivity index (χ0n) is 18.8. The standard InChI is InChI=1S/C23H33N3O4S/c1-5-25(6-2)20-11-9-19(10-12-20)18-24-23(27)8-7-17-26(31(4,28)29)21-13-15-22(30-3)16-14-21/h9-16H,5-8,17-18H2,1-4H3,(H,24,27). The summed E-state index contributed by atoms with van der Waals surface area (Å²) >= 11 is 0. The second kappa shape index (κ2) is 11.6. The summed E-state index contributed by atoms with van der Waals surface area (Å²) in [7, 11) is -1.89. The second-order valence-corrected chi connectivity index (χ2v) is 9.16. The summed E-state index contributed by atoms with van der Waals surface area (Å²) in [4.78, 5) is 14.5. The van der Waals surface area contributed by atoms with Crippen LogP contribution in [-0.2, 0) is 21.4 Å². The first-order chi connectivity index (χ1) is 14.8. The average Bonchev–Trinajstić information content (AvgIpc) is 2.76. The van der Waals surface area contributed by atoms with Crippen LogP contribution >= 0.6 is 0 Å². The zero-order valence-corrected chi connectivity index (χ0v) is 19.6. The Kier molecular flexibility index (Phi) is 9.18. The molecule has 0 unspecified atom stereocenters. The van der Waals surface area contributed by atoms with Gasteiger partial charge in [-0.15, -0.1) is 0 Å². The van der Waals surface area contributed by atoms with Gasteiger partial charge in [-0.2, -0.15) is 0 Å². The molecule has 0 radical (unpaired) electrons. The molecular formula is C23H33N3O4S. The third kappa shape index (κ3) is 7.47. The molecule has 0 spiro atoms. The summed E-state index contributed by atoms with van der Waals surface area (Å²) in [6, 6.07) is 15.0. The fraction of sp³-hybridized carbons (Fsp3) is 0.435. The first kappa shape index (κ1) is 24.5. The van der Waals surface area contributed by atoms with Crippen molar-refractivity contribution in [1.82, 2.24) is 5.32 Å². The normalized spacial score (nSPS) is 11.1. The number of hydrogen-bond acceptors (Lipinski definition) is 5. The molecule has 1 amide bonds. The maximum atomic E-state index is 12.2. The molecule has 0 aliphatic heterocycles. The molecule has 0 saturated carbocycles. The van der Waals surface area contributed by atoms with Gasteiger partial charge in [-0.3, -0.25) is 9.10 Å². The smallest absolute Gasteiger partial charge is 0.232 e. The third-order valence-corrected chi connectivity index (χ3v) is 6.27. The molecule has 8 heteroatoms. The fourth-order valence-electron chi connectivity index (χ4n) is 3.32. The van der Waals surface area contributed by atoms with Gasteiger partial charge in [0.25, 0.3) is 0 Å². The van der Waals surface area contributed by atoms with E-state index in [1.165, 1.54) is 16.2 Å². The maximum Gasteiger partial charge on any atom is 0.232 e. The lowest BCUT2D eigenvalue weighted by molar-refractivity contribution is -0.121. The van der Waals surface area contributed by atoms with E-state index in [-0.39, 0.29) is 18.9 Å². The molecule has 1 N–H and O–H groups in total. The number of hydrogen-bond donors (Lipinski definition) is 1. The molecule has 170 valence electrons. The number of carbonyl (C=O) groups is 1. The first-order valence-electron chi connectivity index (χ1n) is 10.5. The Balaban J connectivity index is 1.85. The number of carbonyl (C=O) groups excluding carboxylic acids is 1. The van der Waals surface area contributed by atoms with Crippen LogP contribution in [0.25, 0.3) is 0 Å². The van der Waals surface area contributed by atoms with Crippen molar-refractivity contribution < 1.29 is 17.9 Å². The molecule has 0 atom stereocenters. The van der Waals surface area contributed by atoms with Gasteiger partial charge < -0.3 is 15.0 Å².